The summed E-state index contributed by atoms with van der Waals surface area (Å²) in [5.74, 6) is 0.211. The van der Waals surface area contributed by atoms with Crippen molar-refractivity contribution in [3.63, 3.8) is 0 Å². The Hall–Kier alpha value is -12.3. The second-order valence-electron chi connectivity index (χ2n) is 22.3. The molecule has 9 aromatic carbocycles. The normalized spacial score (nSPS) is 12.7. The lowest BCUT2D eigenvalue weighted by Gasteiger charge is -2.37. The fourth-order valence-electron chi connectivity index (χ4n) is 12.4. The molecule has 92 heavy (non-hydrogen) atoms. The van der Waals surface area contributed by atoms with Crippen molar-refractivity contribution in [3.05, 3.63) is 347 Å². The van der Waals surface area contributed by atoms with Gasteiger partial charge in [-0.1, -0.05) is 255 Å². The van der Waals surface area contributed by atoms with E-state index in [9.17, 15) is 19.2 Å². The number of nitrogens with zero attached hydrogens (tertiary/aromatic N) is 7. The van der Waals surface area contributed by atoms with Crippen LogP contribution in [0.15, 0.2) is 291 Å². The summed E-state index contributed by atoms with van der Waals surface area (Å²) in [6.07, 6.45) is 3.22. The van der Waals surface area contributed by atoms with Gasteiger partial charge in [0.2, 0.25) is 0 Å². The molecule has 4 aromatic heterocycles. The molecule has 0 saturated heterocycles. The van der Waals surface area contributed by atoms with E-state index in [1.807, 2.05) is 236 Å². The summed E-state index contributed by atoms with van der Waals surface area (Å²) in [6, 6.07) is 89.2. The molecule has 1 aliphatic rings. The summed E-state index contributed by atoms with van der Waals surface area (Å²) >= 11 is 0. The van der Waals surface area contributed by atoms with E-state index in [2.05, 4.69) is 67.6 Å². The summed E-state index contributed by atoms with van der Waals surface area (Å²) < 4.78 is 3.80. The molecule has 0 bridgehead atoms. The van der Waals surface area contributed by atoms with Crippen molar-refractivity contribution >= 4 is 69.0 Å². The topological polar surface area (TPSA) is 207 Å². The Bertz CT molecular complexity index is 4540. The van der Waals surface area contributed by atoms with Crippen molar-refractivity contribution in [3.8, 4) is 0 Å². The quantitative estimate of drug-likeness (QED) is 0.0488. The molecule has 450 valence electrons. The van der Waals surface area contributed by atoms with Gasteiger partial charge in [-0.3, -0.25) is 20.2 Å². The lowest BCUT2D eigenvalue weighted by atomic mass is 9.77. The zero-order chi connectivity index (χ0) is 63.2. The number of pyridine rings is 2. The standard InChI is InChI=1S/C42H32N6O3.C34H30N6O/c1-28(29-16-6-2-7-17-29)44-41(51)45-37-26-36-35(27-43-37)38(47-39(49)33-24-14-15-25-34(33)40(47)50)46-48(36)42(30-18-8-3-9-19-30,31-20-10-4-11-21-31)32-22-12-5-13-23-32;1-24(25-14-6-2-7-15-25)37-33(41)38-31-22-30-29(23-36-31)32(35)39-40(30)34(26-16-8-3-9-17-26,27-18-10-4-11-19-27)28-20-12-5-13-21-28/h2-28H,1H3,(H2,43,44,45,51);2-24H,1H3,(H2,35,39)(H2,36,37,38,41)/t28-;24-/m11/s1. The zero-order valence-electron chi connectivity index (χ0n) is 50.2. The Labute approximate surface area is 531 Å². The van der Waals surface area contributed by atoms with Crippen LogP contribution in [0.2, 0.25) is 0 Å². The van der Waals surface area contributed by atoms with Gasteiger partial charge >= 0.3 is 12.1 Å². The van der Waals surface area contributed by atoms with Crippen LogP contribution in [-0.2, 0) is 11.1 Å². The number of carbonyl (C=O) groups is 4. The molecule has 0 fully saturated rings. The van der Waals surface area contributed by atoms with Crippen molar-refractivity contribution in [2.24, 2.45) is 0 Å². The molecule has 13 aromatic rings. The van der Waals surface area contributed by atoms with Crippen LogP contribution in [0.4, 0.5) is 32.9 Å². The number of carbonyl (C=O) groups excluding carboxylic acids is 4. The van der Waals surface area contributed by atoms with Crippen molar-refractivity contribution in [2.45, 2.75) is 37.0 Å². The van der Waals surface area contributed by atoms with E-state index in [0.717, 1.165) is 54.9 Å². The van der Waals surface area contributed by atoms with Gasteiger partial charge in [0.05, 0.1) is 45.0 Å². The fourth-order valence-corrected chi connectivity index (χ4v) is 12.4. The van der Waals surface area contributed by atoms with E-state index in [4.69, 9.17) is 15.9 Å². The first-order valence-corrected chi connectivity index (χ1v) is 30.1. The fraction of sp³-hybridized carbons (Fsp3) is 0.0789. The molecule has 6 N–H and O–H groups in total. The lowest BCUT2D eigenvalue weighted by Crippen LogP contribution is -2.39. The van der Waals surface area contributed by atoms with Crippen molar-refractivity contribution in [1.29, 1.82) is 0 Å². The number of urea groups is 2. The van der Waals surface area contributed by atoms with Crippen LogP contribution < -0.4 is 31.9 Å². The first-order chi connectivity index (χ1) is 45.0. The van der Waals surface area contributed by atoms with Gasteiger partial charge in [-0.25, -0.2) is 33.8 Å². The SMILES string of the molecule is C[C@@H](NC(=O)Nc1cc2c(cn1)c(N)nn2C(c1ccccc1)(c1ccccc1)c1ccccc1)c1ccccc1.C[C@@H](NC(=O)Nc1cc2c(cn1)c(N1C(=O)c3ccccc3C1=O)nn2C(c1ccccc1)(c1ccccc1)c1ccccc1)c1ccccc1. The smallest absolute Gasteiger partial charge is 0.320 e. The number of imide groups is 1. The molecule has 14 rings (SSSR count). The molecular formula is C76H62N12O4. The Kier molecular flexibility index (Phi) is 16.2. The van der Waals surface area contributed by atoms with Gasteiger partial charge < -0.3 is 16.4 Å². The number of benzene rings is 9. The Morgan fingerprint density at radius 3 is 1.04 bits per heavy atom. The minimum Gasteiger partial charge on any atom is -0.382 e. The minimum absolute atomic E-state index is 0.143. The van der Waals surface area contributed by atoms with E-state index < -0.39 is 28.9 Å². The highest BCUT2D eigenvalue weighted by Crippen LogP contribution is 2.46. The molecule has 0 spiro atoms. The second-order valence-corrected chi connectivity index (χ2v) is 22.3. The molecule has 0 unspecified atom stereocenters. The summed E-state index contributed by atoms with van der Waals surface area (Å²) in [7, 11) is 0. The van der Waals surface area contributed by atoms with E-state index in [0.29, 0.717) is 39.1 Å². The minimum atomic E-state index is -1.10. The average molecular weight is 1210 g/mol. The predicted molar refractivity (Wildman–Crippen MR) is 360 cm³/mol. The highest BCUT2D eigenvalue weighted by molar-refractivity contribution is 6.35. The molecule has 6 amide bonds. The monoisotopic (exact) mass is 1210 g/mol. The van der Waals surface area contributed by atoms with Crippen LogP contribution in [0.1, 0.15) is 91.2 Å². The van der Waals surface area contributed by atoms with Crippen molar-refractivity contribution < 1.29 is 19.2 Å². The van der Waals surface area contributed by atoms with Gasteiger partial charge in [-0.15, -0.1) is 0 Å². The van der Waals surface area contributed by atoms with E-state index in [1.54, 1.807) is 42.7 Å². The van der Waals surface area contributed by atoms with Crippen LogP contribution in [0.3, 0.4) is 0 Å². The number of fused-ring (bicyclic) bond motifs is 3. The maximum Gasteiger partial charge on any atom is 0.320 e. The Morgan fingerprint density at radius 1 is 0.402 bits per heavy atom. The van der Waals surface area contributed by atoms with Crippen LogP contribution in [0.25, 0.3) is 21.8 Å². The molecule has 0 aliphatic carbocycles. The summed E-state index contributed by atoms with van der Waals surface area (Å²) in [6.45, 7) is 3.85. The average Bonchev–Trinajstić information content (AvgIpc) is 1.45. The van der Waals surface area contributed by atoms with Gasteiger partial charge in [0, 0.05) is 24.5 Å². The highest BCUT2D eigenvalue weighted by atomic mass is 16.2. The third-order valence-corrected chi connectivity index (χ3v) is 16.7. The Balaban J connectivity index is 0.000000172. The number of aromatic nitrogens is 6. The number of hydrogen-bond donors (Lipinski definition) is 5. The van der Waals surface area contributed by atoms with Crippen LogP contribution >= 0.6 is 0 Å². The third kappa shape index (κ3) is 10.9. The van der Waals surface area contributed by atoms with Gasteiger partial charge in [-0.05, 0) is 70.5 Å². The number of amides is 6. The van der Waals surface area contributed by atoms with Gasteiger partial charge in [0.1, 0.15) is 22.7 Å². The predicted octanol–water partition coefficient (Wildman–Crippen LogP) is 14.7. The first kappa shape index (κ1) is 58.7. The molecular weight excluding hydrogens is 1140 g/mol. The summed E-state index contributed by atoms with van der Waals surface area (Å²) in [4.78, 5) is 64.4. The third-order valence-electron chi connectivity index (χ3n) is 16.7. The highest BCUT2D eigenvalue weighted by Gasteiger charge is 2.45. The van der Waals surface area contributed by atoms with Crippen LogP contribution in [0.5, 0.6) is 0 Å². The molecule has 0 saturated carbocycles. The molecule has 16 nitrogen and oxygen atoms in total. The zero-order valence-corrected chi connectivity index (χ0v) is 50.2. The van der Waals surface area contributed by atoms with Crippen molar-refractivity contribution in [1.82, 2.24) is 40.2 Å². The van der Waals surface area contributed by atoms with Gasteiger partial charge in [0.25, 0.3) is 11.8 Å². The van der Waals surface area contributed by atoms with Crippen molar-refractivity contribution in [2.75, 3.05) is 21.3 Å². The van der Waals surface area contributed by atoms with E-state index in [1.165, 1.54) is 0 Å². The Morgan fingerprint density at radius 2 is 0.696 bits per heavy atom. The largest absolute Gasteiger partial charge is 0.382 e. The molecule has 2 atom stereocenters. The number of hydrogen-bond acceptors (Lipinski definition) is 9. The second kappa shape index (κ2) is 25.4. The number of anilines is 4. The van der Waals surface area contributed by atoms with Gasteiger partial charge in [-0.2, -0.15) is 10.2 Å². The maximum absolute atomic E-state index is 13.9. The number of rotatable bonds is 15. The van der Waals surface area contributed by atoms with Crippen LogP contribution in [0, 0.1) is 0 Å². The van der Waals surface area contributed by atoms with E-state index >= 15 is 0 Å². The molecule has 0 radical (unpaired) electrons. The van der Waals surface area contributed by atoms with Crippen LogP contribution in [-0.4, -0.2) is 53.4 Å². The summed E-state index contributed by atoms with van der Waals surface area (Å²) in [5.41, 5.74) is 14.1. The number of nitrogen functional groups attached to an aromatic ring is 1. The lowest BCUT2D eigenvalue weighted by molar-refractivity contribution is 0.0924. The van der Waals surface area contributed by atoms with E-state index in [-0.39, 0.29) is 29.8 Å². The first-order valence-electron chi connectivity index (χ1n) is 30.1. The summed E-state index contributed by atoms with van der Waals surface area (Å²) in [5, 5.41) is 23.0. The maximum atomic E-state index is 13.9. The van der Waals surface area contributed by atoms with Gasteiger partial charge in [0.15, 0.2) is 11.6 Å². The molecule has 5 heterocycles. The number of nitrogens with one attached hydrogen (secondary N) is 4. The number of nitrogens with two attached hydrogens (primary N) is 1. The molecule has 1 aliphatic heterocycles. The molecule has 16 heteroatoms.